The molecule has 0 N–H and O–H groups in total. The van der Waals surface area contributed by atoms with Crippen molar-refractivity contribution < 1.29 is 27.9 Å². The molecule has 36 heavy (non-hydrogen) atoms. The van der Waals surface area contributed by atoms with Gasteiger partial charge in [0.1, 0.15) is 5.82 Å². The molecule has 13 heteroatoms. The predicted molar refractivity (Wildman–Crippen MR) is 130 cm³/mol. The second-order valence-corrected chi connectivity index (χ2v) is 10.6. The Kier molecular flexibility index (Phi) is 7.22. The molecule has 1 atom stereocenters. The molecule has 0 bridgehead atoms. The van der Waals surface area contributed by atoms with Crippen LogP contribution in [-0.4, -0.2) is 84.6 Å². The number of hydrogen-bond acceptors (Lipinski definition) is 8. The van der Waals surface area contributed by atoms with Gasteiger partial charge in [-0.25, -0.2) is 28.3 Å². The van der Waals surface area contributed by atoms with E-state index >= 15 is 0 Å². The number of nitrogens with zero attached hydrogens (tertiary/aromatic N) is 5. The van der Waals surface area contributed by atoms with Crippen molar-refractivity contribution in [3.63, 3.8) is 0 Å². The summed E-state index contributed by atoms with van der Waals surface area (Å²) in [4.78, 5) is 20.4. The van der Waals surface area contributed by atoms with Gasteiger partial charge in [-0.05, 0) is 18.2 Å². The minimum absolute atomic E-state index is 0.0697. The van der Waals surface area contributed by atoms with E-state index in [-0.39, 0.29) is 11.3 Å². The minimum atomic E-state index is -3.82. The summed E-state index contributed by atoms with van der Waals surface area (Å²) >= 11 is 0. The first kappa shape index (κ1) is 24.7. The molecule has 2 saturated heterocycles. The molecule has 2 fully saturated rings. The van der Waals surface area contributed by atoms with E-state index in [0.717, 1.165) is 0 Å². The van der Waals surface area contributed by atoms with Crippen molar-refractivity contribution in [3.8, 4) is 0 Å². The average molecular weight is 517 g/mol. The van der Waals surface area contributed by atoms with Gasteiger partial charge in [0.15, 0.2) is 0 Å². The highest BCUT2D eigenvalue weighted by Gasteiger charge is 2.46. The van der Waals surface area contributed by atoms with Crippen LogP contribution in [0.25, 0.3) is 0 Å². The second kappa shape index (κ2) is 10.5. The zero-order valence-electron chi connectivity index (χ0n) is 19.4. The first-order valence-electron chi connectivity index (χ1n) is 11.6. The molecular formula is C23H25FN5O6P. The highest BCUT2D eigenvalue weighted by molar-refractivity contribution is 7.54. The van der Waals surface area contributed by atoms with Gasteiger partial charge >= 0.3 is 13.8 Å². The summed E-state index contributed by atoms with van der Waals surface area (Å²) in [6, 6.07) is 12.6. The molecule has 3 aliphatic heterocycles. The summed E-state index contributed by atoms with van der Waals surface area (Å²) in [5.74, 6) is -0.995. The van der Waals surface area contributed by atoms with Crippen molar-refractivity contribution in [3.05, 3.63) is 75.6 Å². The number of benzene rings is 2. The summed E-state index contributed by atoms with van der Waals surface area (Å²) in [6.45, 7) is 2.69. The number of morpholine rings is 2. The van der Waals surface area contributed by atoms with Crippen molar-refractivity contribution in [2.45, 2.75) is 6.17 Å². The number of nitro groups is 1. The van der Waals surface area contributed by atoms with E-state index in [4.69, 9.17) is 14.0 Å². The molecule has 0 amide bonds. The average Bonchev–Trinajstić information content (AvgIpc) is 3.07. The Hall–Kier alpha value is -3.02. The van der Waals surface area contributed by atoms with Gasteiger partial charge in [-0.3, -0.25) is 10.1 Å². The highest BCUT2D eigenvalue weighted by atomic mass is 31.2. The third-order valence-corrected chi connectivity index (χ3v) is 8.75. The first-order chi connectivity index (χ1) is 17.5. The number of fused-ring (bicyclic) bond motifs is 1. The summed E-state index contributed by atoms with van der Waals surface area (Å²) in [5, 5.41) is 12.3. The number of aliphatic imine (C=N–C) groups is 2. The van der Waals surface area contributed by atoms with E-state index in [2.05, 4.69) is 9.98 Å². The lowest BCUT2D eigenvalue weighted by molar-refractivity contribution is -0.502. The summed E-state index contributed by atoms with van der Waals surface area (Å²) in [7, 11) is -3.82. The highest BCUT2D eigenvalue weighted by Crippen LogP contribution is 2.55. The molecule has 0 aliphatic carbocycles. The molecule has 0 spiro atoms. The van der Waals surface area contributed by atoms with Crippen LogP contribution in [0, 0.1) is 15.9 Å². The fourth-order valence-corrected chi connectivity index (χ4v) is 6.60. The molecule has 3 aliphatic rings. The Labute approximate surface area is 206 Å². The predicted octanol–water partition coefficient (Wildman–Crippen LogP) is 3.10. The van der Waals surface area contributed by atoms with E-state index in [1.807, 2.05) is 0 Å². The summed E-state index contributed by atoms with van der Waals surface area (Å²) in [6.07, 6.45) is -1.83. The normalized spacial score (nSPS) is 21.6. The molecule has 0 saturated carbocycles. The molecule has 1 unspecified atom stereocenters. The maximum atomic E-state index is 14.8. The Balaban J connectivity index is 1.62. The first-order valence-corrected chi connectivity index (χ1v) is 13.1. The van der Waals surface area contributed by atoms with Gasteiger partial charge in [-0.1, -0.05) is 30.3 Å². The topological polar surface area (TPSA) is 119 Å². The molecule has 11 nitrogen and oxygen atoms in total. The van der Waals surface area contributed by atoms with Crippen LogP contribution < -0.4 is 0 Å². The number of para-hydroxylation sites is 1. The van der Waals surface area contributed by atoms with E-state index in [1.165, 1.54) is 18.2 Å². The second-order valence-electron chi connectivity index (χ2n) is 8.30. The van der Waals surface area contributed by atoms with Crippen molar-refractivity contribution in [1.29, 1.82) is 0 Å². The molecule has 190 valence electrons. The van der Waals surface area contributed by atoms with Crippen LogP contribution >= 0.6 is 7.67 Å². The quantitative estimate of drug-likeness (QED) is 0.337. The molecule has 2 aromatic carbocycles. The summed E-state index contributed by atoms with van der Waals surface area (Å²) in [5.41, 5.74) is 0.869. The molecule has 2 aromatic rings. The maximum absolute atomic E-state index is 14.8. The Morgan fingerprint density at radius 2 is 1.50 bits per heavy atom. The van der Waals surface area contributed by atoms with E-state index < -0.39 is 30.5 Å². The van der Waals surface area contributed by atoms with Gasteiger partial charge in [0.05, 0.1) is 42.7 Å². The molecule has 3 heterocycles. The third-order valence-electron chi connectivity index (χ3n) is 6.09. The van der Waals surface area contributed by atoms with Crippen molar-refractivity contribution in [1.82, 2.24) is 9.34 Å². The lowest BCUT2D eigenvalue weighted by atomic mass is 10.0. The van der Waals surface area contributed by atoms with Gasteiger partial charge in [0, 0.05) is 37.3 Å². The van der Waals surface area contributed by atoms with Crippen LogP contribution in [0.4, 0.5) is 10.1 Å². The van der Waals surface area contributed by atoms with Crippen LogP contribution in [0.3, 0.4) is 0 Å². The Bertz CT molecular complexity index is 1220. The smallest absolute Gasteiger partial charge is 0.397 e. The Morgan fingerprint density at radius 1 is 0.944 bits per heavy atom. The molecule has 5 rings (SSSR count). The minimum Gasteiger partial charge on any atom is -0.398 e. The van der Waals surface area contributed by atoms with Crippen LogP contribution in [0.1, 0.15) is 11.1 Å². The van der Waals surface area contributed by atoms with Crippen molar-refractivity contribution in [2.75, 3.05) is 52.6 Å². The van der Waals surface area contributed by atoms with E-state index in [9.17, 15) is 19.1 Å². The fraction of sp³-hybridized carbons (Fsp3) is 0.391. The zero-order valence-corrected chi connectivity index (χ0v) is 20.3. The molecule has 0 radical (unpaired) electrons. The van der Waals surface area contributed by atoms with Gasteiger partial charge < -0.3 is 14.0 Å². The van der Waals surface area contributed by atoms with Crippen LogP contribution in [0.2, 0.25) is 0 Å². The van der Waals surface area contributed by atoms with Crippen LogP contribution in [0.15, 0.2) is 58.5 Å². The van der Waals surface area contributed by atoms with Gasteiger partial charge in [-0.2, -0.15) is 0 Å². The lowest BCUT2D eigenvalue weighted by Gasteiger charge is -2.40. The number of halogens is 1. The van der Waals surface area contributed by atoms with E-state index in [1.54, 1.807) is 39.7 Å². The molecule has 0 aromatic heterocycles. The number of ether oxygens (including phenoxy) is 2. The largest absolute Gasteiger partial charge is 0.398 e. The monoisotopic (exact) mass is 517 g/mol. The summed E-state index contributed by atoms with van der Waals surface area (Å²) < 4.78 is 49.5. The fourth-order valence-electron chi connectivity index (χ4n) is 4.30. The standard InChI is InChI=1S/C23H25FN5O6P/c24-19-7-3-1-5-17(19)21-18-6-2-4-8-20(18)25-23(22(26-21)29(30)31)35-36(32,27-9-13-33-14-10-27)28-11-15-34-16-12-28/h1-8,22H,9-16H2. The Morgan fingerprint density at radius 3 is 2.08 bits per heavy atom. The maximum Gasteiger partial charge on any atom is 0.397 e. The van der Waals surface area contributed by atoms with Crippen LogP contribution in [0.5, 0.6) is 0 Å². The van der Waals surface area contributed by atoms with Crippen LogP contribution in [-0.2, 0) is 18.6 Å². The van der Waals surface area contributed by atoms with Gasteiger partial charge in [0.25, 0.3) is 5.90 Å². The number of rotatable bonds is 5. The molecular weight excluding hydrogens is 492 g/mol. The number of hydrogen-bond donors (Lipinski definition) is 0. The third kappa shape index (κ3) is 4.82. The SMILES string of the molecule is O=[N+]([O-])C1N=C(c2ccccc2F)c2ccccc2N=C1OP(=O)(N1CCOCC1)N1CCOCC1. The van der Waals surface area contributed by atoms with Gasteiger partial charge in [0.2, 0.25) is 0 Å². The van der Waals surface area contributed by atoms with Gasteiger partial charge in [-0.15, -0.1) is 0 Å². The van der Waals surface area contributed by atoms with Crippen molar-refractivity contribution >= 4 is 25.0 Å². The zero-order chi connectivity index (χ0) is 25.1. The lowest BCUT2D eigenvalue weighted by Crippen LogP contribution is -2.45. The van der Waals surface area contributed by atoms with E-state index in [0.29, 0.717) is 63.9 Å². The van der Waals surface area contributed by atoms with Crippen molar-refractivity contribution in [2.24, 2.45) is 9.98 Å².